The molecule has 1 aliphatic heterocycles. The number of alkyl halides is 2. The van der Waals surface area contributed by atoms with Crippen molar-refractivity contribution in [3.8, 4) is 0 Å². The Kier molecular flexibility index (Phi) is 3.24. The summed E-state index contributed by atoms with van der Waals surface area (Å²) in [6.45, 7) is 0.513. The van der Waals surface area contributed by atoms with Crippen LogP contribution in [0.5, 0.6) is 0 Å². The van der Waals surface area contributed by atoms with Crippen LogP contribution in [-0.4, -0.2) is 36.1 Å². The van der Waals surface area contributed by atoms with Gasteiger partial charge in [0.15, 0.2) is 0 Å². The molecule has 0 bridgehead atoms. The van der Waals surface area contributed by atoms with Crippen LogP contribution >= 0.6 is 0 Å². The van der Waals surface area contributed by atoms with Gasteiger partial charge in [-0.25, -0.2) is 9.97 Å². The SMILES string of the molecule is FC(F)c1nnc(N2CCc3[nH]cnc3[C@@H]2c2cn3ccccc3n2)o1. The van der Waals surface area contributed by atoms with Crippen molar-refractivity contribution < 1.29 is 13.2 Å². The van der Waals surface area contributed by atoms with Gasteiger partial charge < -0.3 is 18.7 Å². The Bertz CT molecular complexity index is 1040. The predicted octanol–water partition coefficient (Wildman–Crippen LogP) is 2.53. The fourth-order valence-electron chi connectivity index (χ4n) is 3.30. The molecule has 0 aliphatic carbocycles. The van der Waals surface area contributed by atoms with Crippen LogP contribution in [0.3, 0.4) is 0 Å². The van der Waals surface area contributed by atoms with Crippen LogP contribution in [0.25, 0.3) is 5.65 Å². The third-order valence-corrected chi connectivity index (χ3v) is 4.45. The zero-order valence-corrected chi connectivity index (χ0v) is 13.4. The van der Waals surface area contributed by atoms with Crippen LogP contribution in [0, 0.1) is 0 Å². The van der Waals surface area contributed by atoms with E-state index in [9.17, 15) is 8.78 Å². The van der Waals surface area contributed by atoms with Crippen molar-refractivity contribution in [1.82, 2.24) is 29.5 Å². The van der Waals surface area contributed by atoms with Gasteiger partial charge in [-0.3, -0.25) is 0 Å². The molecule has 0 amide bonds. The van der Waals surface area contributed by atoms with Gasteiger partial charge in [0.25, 0.3) is 5.89 Å². The monoisotopic (exact) mass is 357 g/mol. The number of aromatic nitrogens is 6. The molecule has 0 saturated carbocycles. The average molecular weight is 357 g/mol. The Balaban J connectivity index is 1.63. The quantitative estimate of drug-likeness (QED) is 0.606. The van der Waals surface area contributed by atoms with E-state index in [1.54, 1.807) is 11.2 Å². The lowest BCUT2D eigenvalue weighted by molar-refractivity contribution is 0.115. The van der Waals surface area contributed by atoms with E-state index in [1.165, 1.54) is 0 Å². The molecule has 1 N–H and O–H groups in total. The molecule has 0 aromatic carbocycles. The summed E-state index contributed by atoms with van der Waals surface area (Å²) in [4.78, 5) is 14.0. The van der Waals surface area contributed by atoms with Crippen LogP contribution in [0.4, 0.5) is 14.8 Å². The maximum atomic E-state index is 12.8. The highest BCUT2D eigenvalue weighted by Crippen LogP contribution is 2.36. The summed E-state index contributed by atoms with van der Waals surface area (Å²) < 4.78 is 32.8. The van der Waals surface area contributed by atoms with Crippen LogP contribution < -0.4 is 4.90 Å². The molecule has 0 unspecified atom stereocenters. The predicted molar refractivity (Wildman–Crippen MR) is 85.9 cm³/mol. The van der Waals surface area contributed by atoms with E-state index < -0.39 is 18.4 Å². The lowest BCUT2D eigenvalue weighted by atomic mass is 10.0. The van der Waals surface area contributed by atoms with Crippen molar-refractivity contribution in [2.45, 2.75) is 18.9 Å². The minimum Gasteiger partial charge on any atom is -0.402 e. The molecule has 26 heavy (non-hydrogen) atoms. The zero-order chi connectivity index (χ0) is 17.7. The maximum absolute atomic E-state index is 12.8. The van der Waals surface area contributed by atoms with Gasteiger partial charge in [0.1, 0.15) is 11.7 Å². The Morgan fingerprint density at radius 3 is 3.00 bits per heavy atom. The lowest BCUT2D eigenvalue weighted by Crippen LogP contribution is -2.36. The van der Waals surface area contributed by atoms with Crippen LogP contribution in [0.15, 0.2) is 41.3 Å². The number of fused-ring (bicyclic) bond motifs is 2. The Hall–Kier alpha value is -3.30. The number of hydrogen-bond acceptors (Lipinski definition) is 6. The van der Waals surface area contributed by atoms with Crippen LogP contribution in [0.2, 0.25) is 0 Å². The number of rotatable bonds is 3. The summed E-state index contributed by atoms with van der Waals surface area (Å²) in [6.07, 6.45) is 3.25. The normalized spacial score (nSPS) is 17.2. The van der Waals surface area contributed by atoms with E-state index in [4.69, 9.17) is 4.42 Å². The standard InChI is InChI=1S/C16H13F2N7O/c17-14(18)15-22-23-16(26-15)25-6-4-9-12(20-8-19-9)13(25)10-7-24-5-2-1-3-11(24)21-10/h1-3,5,7-8,13-14H,4,6H2,(H,19,20)/t13-/m0/s1. The highest BCUT2D eigenvalue weighted by atomic mass is 19.3. The van der Waals surface area contributed by atoms with E-state index in [0.29, 0.717) is 13.0 Å². The third kappa shape index (κ3) is 2.25. The smallest absolute Gasteiger partial charge is 0.319 e. The molecule has 5 heterocycles. The van der Waals surface area contributed by atoms with Crippen molar-refractivity contribution in [1.29, 1.82) is 0 Å². The summed E-state index contributed by atoms with van der Waals surface area (Å²) >= 11 is 0. The van der Waals surface area contributed by atoms with E-state index in [1.807, 2.05) is 35.0 Å². The van der Waals surface area contributed by atoms with Gasteiger partial charge >= 0.3 is 12.4 Å². The lowest BCUT2D eigenvalue weighted by Gasteiger charge is -2.32. The van der Waals surface area contributed by atoms with Gasteiger partial charge in [0.2, 0.25) is 0 Å². The maximum Gasteiger partial charge on any atom is 0.319 e. The number of imidazole rings is 2. The van der Waals surface area contributed by atoms with E-state index in [0.717, 1.165) is 22.7 Å². The third-order valence-electron chi connectivity index (χ3n) is 4.45. The minimum absolute atomic E-state index is 0.0380. The van der Waals surface area contributed by atoms with Gasteiger partial charge in [-0.15, -0.1) is 5.10 Å². The molecule has 0 spiro atoms. The number of aromatic amines is 1. The molecule has 1 aliphatic rings. The Labute approximate surface area is 145 Å². The van der Waals surface area contributed by atoms with E-state index in [2.05, 4.69) is 25.1 Å². The second-order valence-electron chi connectivity index (χ2n) is 5.97. The summed E-state index contributed by atoms with van der Waals surface area (Å²) in [5.74, 6) is -0.693. The van der Waals surface area contributed by atoms with Crippen molar-refractivity contribution >= 4 is 11.7 Å². The fraction of sp³-hybridized carbons (Fsp3) is 0.250. The van der Waals surface area contributed by atoms with Crippen molar-refractivity contribution in [2.24, 2.45) is 0 Å². The molecule has 0 saturated heterocycles. The van der Waals surface area contributed by atoms with Crippen molar-refractivity contribution in [3.63, 3.8) is 0 Å². The first-order valence-corrected chi connectivity index (χ1v) is 8.04. The fourth-order valence-corrected chi connectivity index (χ4v) is 3.30. The summed E-state index contributed by atoms with van der Waals surface area (Å²) in [6, 6.07) is 5.33. The van der Waals surface area contributed by atoms with Crippen molar-refractivity contribution in [3.05, 3.63) is 59.9 Å². The number of hydrogen-bond donors (Lipinski definition) is 1. The number of H-pyrrole nitrogens is 1. The molecule has 8 nitrogen and oxygen atoms in total. The molecular formula is C16H13F2N7O. The molecule has 0 fully saturated rings. The number of halogens is 2. The van der Waals surface area contributed by atoms with Crippen LogP contribution in [0.1, 0.15) is 35.4 Å². The second-order valence-corrected chi connectivity index (χ2v) is 5.97. The Morgan fingerprint density at radius 1 is 1.27 bits per heavy atom. The zero-order valence-electron chi connectivity index (χ0n) is 13.4. The first kappa shape index (κ1) is 15.0. The Morgan fingerprint density at radius 2 is 2.19 bits per heavy atom. The number of anilines is 1. The second kappa shape index (κ2) is 5.61. The number of nitrogens with zero attached hydrogens (tertiary/aromatic N) is 6. The largest absolute Gasteiger partial charge is 0.402 e. The van der Waals surface area contributed by atoms with E-state index in [-0.39, 0.29) is 6.01 Å². The molecule has 132 valence electrons. The summed E-state index contributed by atoms with van der Waals surface area (Å²) in [7, 11) is 0. The molecular weight excluding hydrogens is 344 g/mol. The van der Waals surface area contributed by atoms with E-state index >= 15 is 0 Å². The minimum atomic E-state index is -2.81. The van der Waals surface area contributed by atoms with Crippen molar-refractivity contribution in [2.75, 3.05) is 11.4 Å². The molecule has 4 aromatic rings. The molecule has 4 aromatic heterocycles. The van der Waals surface area contributed by atoms with Gasteiger partial charge in [-0.1, -0.05) is 11.2 Å². The van der Waals surface area contributed by atoms with Gasteiger partial charge in [-0.2, -0.15) is 8.78 Å². The first-order chi connectivity index (χ1) is 12.7. The molecule has 0 radical (unpaired) electrons. The first-order valence-electron chi connectivity index (χ1n) is 8.04. The van der Waals surface area contributed by atoms with Gasteiger partial charge in [0, 0.05) is 31.1 Å². The summed E-state index contributed by atoms with van der Waals surface area (Å²) in [5.41, 5.74) is 3.26. The summed E-state index contributed by atoms with van der Waals surface area (Å²) in [5, 5.41) is 7.25. The molecule has 5 rings (SSSR count). The number of pyridine rings is 1. The average Bonchev–Trinajstić information content (AvgIpc) is 3.37. The molecule has 1 atom stereocenters. The van der Waals surface area contributed by atoms with Crippen LogP contribution in [-0.2, 0) is 6.42 Å². The van der Waals surface area contributed by atoms with Gasteiger partial charge in [-0.05, 0) is 12.1 Å². The highest BCUT2D eigenvalue weighted by Gasteiger charge is 2.36. The van der Waals surface area contributed by atoms with Gasteiger partial charge in [0.05, 0.1) is 17.7 Å². The highest BCUT2D eigenvalue weighted by molar-refractivity contribution is 5.47. The number of nitrogens with one attached hydrogen (secondary N) is 1. The topological polar surface area (TPSA) is 88.1 Å². The molecule has 10 heteroatoms.